The Morgan fingerprint density at radius 3 is 2.91 bits per heavy atom. The number of hydrogen-bond acceptors (Lipinski definition) is 3. The van der Waals surface area contributed by atoms with Gasteiger partial charge in [0.1, 0.15) is 12.7 Å². The lowest BCUT2D eigenvalue weighted by Crippen LogP contribution is -2.27. The Balaban J connectivity index is 1.56. The van der Waals surface area contributed by atoms with Crippen LogP contribution in [0.5, 0.6) is 0 Å². The zero-order valence-electron chi connectivity index (χ0n) is 13.0. The van der Waals surface area contributed by atoms with Gasteiger partial charge < -0.3 is 5.32 Å². The van der Waals surface area contributed by atoms with E-state index in [2.05, 4.69) is 33.6 Å². The number of aryl methyl sites for hydroxylation is 3. The maximum atomic E-state index is 12.0. The molecule has 0 fully saturated rings. The maximum absolute atomic E-state index is 12.0. The molecule has 0 saturated carbocycles. The minimum atomic E-state index is 0.0375. The Morgan fingerprint density at radius 2 is 2.14 bits per heavy atom. The molecular weight excluding hydrogens is 276 g/mol. The summed E-state index contributed by atoms with van der Waals surface area (Å²) in [5.41, 5.74) is 4.11. The van der Waals surface area contributed by atoms with Gasteiger partial charge >= 0.3 is 0 Å². The first-order valence-corrected chi connectivity index (χ1v) is 7.96. The summed E-state index contributed by atoms with van der Waals surface area (Å²) in [7, 11) is 0. The van der Waals surface area contributed by atoms with Gasteiger partial charge in [-0.1, -0.05) is 18.2 Å². The lowest BCUT2D eigenvalue weighted by atomic mass is 9.89. The highest BCUT2D eigenvalue weighted by atomic mass is 16.1. The first-order chi connectivity index (χ1) is 10.7. The van der Waals surface area contributed by atoms with E-state index in [0.717, 1.165) is 6.42 Å². The fourth-order valence-electron chi connectivity index (χ4n) is 2.98. The topological polar surface area (TPSA) is 59.8 Å². The molecule has 5 nitrogen and oxygen atoms in total. The van der Waals surface area contributed by atoms with Crippen molar-refractivity contribution in [1.82, 2.24) is 20.1 Å². The van der Waals surface area contributed by atoms with Crippen molar-refractivity contribution in [2.75, 3.05) is 0 Å². The summed E-state index contributed by atoms with van der Waals surface area (Å²) in [6.45, 7) is 2.60. The Hall–Kier alpha value is -2.17. The molecule has 1 aromatic carbocycles. The molecule has 0 radical (unpaired) electrons. The van der Waals surface area contributed by atoms with Gasteiger partial charge in [-0.3, -0.25) is 9.48 Å². The van der Waals surface area contributed by atoms with Crippen molar-refractivity contribution in [2.24, 2.45) is 0 Å². The van der Waals surface area contributed by atoms with E-state index in [0.29, 0.717) is 13.0 Å². The number of amides is 1. The number of aromatic nitrogens is 3. The molecule has 1 amide bonds. The average Bonchev–Trinajstić information content (AvgIpc) is 3.06. The number of nitrogens with zero attached hydrogens (tertiary/aromatic N) is 3. The van der Waals surface area contributed by atoms with Crippen LogP contribution in [0.3, 0.4) is 0 Å². The van der Waals surface area contributed by atoms with E-state index in [-0.39, 0.29) is 11.9 Å². The number of nitrogens with one attached hydrogen (secondary N) is 1. The van der Waals surface area contributed by atoms with Crippen LogP contribution in [-0.4, -0.2) is 20.7 Å². The van der Waals surface area contributed by atoms with E-state index in [1.807, 2.05) is 6.92 Å². The molecule has 1 N–H and O–H groups in total. The van der Waals surface area contributed by atoms with E-state index in [9.17, 15) is 4.79 Å². The van der Waals surface area contributed by atoms with E-state index >= 15 is 0 Å². The van der Waals surface area contributed by atoms with Gasteiger partial charge in [0.15, 0.2) is 0 Å². The molecule has 1 aliphatic rings. The van der Waals surface area contributed by atoms with Crippen molar-refractivity contribution in [1.29, 1.82) is 0 Å². The molecule has 0 bridgehead atoms. The lowest BCUT2D eigenvalue weighted by Gasteiger charge is -2.20. The van der Waals surface area contributed by atoms with Crippen LogP contribution >= 0.6 is 0 Å². The molecule has 2 aromatic rings. The highest BCUT2D eigenvalue weighted by Gasteiger charge is 2.14. The van der Waals surface area contributed by atoms with Crippen molar-refractivity contribution >= 4 is 5.91 Å². The fourth-order valence-corrected chi connectivity index (χ4v) is 2.98. The third-order valence-electron chi connectivity index (χ3n) is 4.28. The summed E-state index contributed by atoms with van der Waals surface area (Å²) in [6.07, 6.45) is 8.44. The van der Waals surface area contributed by atoms with Crippen LogP contribution < -0.4 is 5.32 Å². The van der Waals surface area contributed by atoms with E-state index in [1.165, 1.54) is 42.3 Å². The van der Waals surface area contributed by atoms with Gasteiger partial charge in [-0.2, -0.15) is 5.10 Å². The summed E-state index contributed by atoms with van der Waals surface area (Å²) in [5, 5.41) is 7.06. The summed E-state index contributed by atoms with van der Waals surface area (Å²) in [6, 6.07) is 6.67. The van der Waals surface area contributed by atoms with Crippen molar-refractivity contribution in [3.8, 4) is 0 Å². The highest BCUT2D eigenvalue weighted by molar-refractivity contribution is 5.76. The predicted octanol–water partition coefficient (Wildman–Crippen LogP) is 2.42. The van der Waals surface area contributed by atoms with Crippen molar-refractivity contribution in [3.63, 3.8) is 0 Å². The highest BCUT2D eigenvalue weighted by Crippen LogP contribution is 2.24. The number of hydrogen-bond donors (Lipinski definition) is 1. The molecule has 0 saturated heterocycles. The van der Waals surface area contributed by atoms with Crippen molar-refractivity contribution in [3.05, 3.63) is 47.5 Å². The molecule has 1 heterocycles. The predicted molar refractivity (Wildman–Crippen MR) is 84.3 cm³/mol. The van der Waals surface area contributed by atoms with Crippen LogP contribution in [0.1, 0.15) is 48.9 Å². The van der Waals surface area contributed by atoms with Crippen LogP contribution in [0.25, 0.3) is 0 Å². The minimum absolute atomic E-state index is 0.0375. The van der Waals surface area contributed by atoms with Gasteiger partial charge in [0.25, 0.3) is 0 Å². The second kappa shape index (κ2) is 6.73. The monoisotopic (exact) mass is 298 g/mol. The summed E-state index contributed by atoms with van der Waals surface area (Å²) in [5.74, 6) is 0.0423. The zero-order valence-corrected chi connectivity index (χ0v) is 13.0. The number of rotatable bonds is 5. The standard InChI is InChI=1S/C17H22N4O/c1-13(20-17(22)8-9-21-12-18-11-19-21)15-7-6-14-4-2-3-5-16(14)10-15/h6-7,10-13H,2-5,8-9H2,1H3,(H,20,22)/t13-/m0/s1. The lowest BCUT2D eigenvalue weighted by molar-refractivity contribution is -0.122. The second-order valence-corrected chi connectivity index (χ2v) is 5.93. The molecule has 0 aliphatic heterocycles. The van der Waals surface area contributed by atoms with Crippen molar-refractivity contribution < 1.29 is 4.79 Å². The Morgan fingerprint density at radius 1 is 1.32 bits per heavy atom. The molecule has 0 unspecified atom stereocenters. The Bertz CT molecular complexity index is 636. The maximum Gasteiger partial charge on any atom is 0.222 e. The molecule has 5 heteroatoms. The van der Waals surface area contributed by atoms with Crippen molar-refractivity contribution in [2.45, 2.75) is 51.6 Å². The molecule has 1 atom stereocenters. The van der Waals surface area contributed by atoms with Gasteiger partial charge in [0.2, 0.25) is 5.91 Å². The third-order valence-corrected chi connectivity index (χ3v) is 4.28. The second-order valence-electron chi connectivity index (χ2n) is 5.93. The average molecular weight is 298 g/mol. The Labute approximate surface area is 130 Å². The molecule has 116 valence electrons. The van der Waals surface area contributed by atoms with Crippen LogP contribution in [0, 0.1) is 0 Å². The number of fused-ring (bicyclic) bond motifs is 1. The molecule has 3 rings (SSSR count). The Kier molecular flexibility index (Phi) is 4.51. The number of carbonyl (C=O) groups excluding carboxylic acids is 1. The summed E-state index contributed by atoms with van der Waals surface area (Å²) < 4.78 is 1.67. The first-order valence-electron chi connectivity index (χ1n) is 7.96. The van der Waals surface area contributed by atoms with E-state index in [4.69, 9.17) is 0 Å². The van der Waals surface area contributed by atoms with Gasteiger partial charge in [0, 0.05) is 6.42 Å². The molecule has 0 spiro atoms. The normalized spacial score (nSPS) is 15.1. The van der Waals surface area contributed by atoms with Gasteiger partial charge in [-0.15, -0.1) is 0 Å². The molecular formula is C17H22N4O. The van der Waals surface area contributed by atoms with Gasteiger partial charge in [0.05, 0.1) is 12.6 Å². The third kappa shape index (κ3) is 3.53. The molecule has 1 aromatic heterocycles. The molecule has 1 aliphatic carbocycles. The van der Waals surface area contributed by atoms with Crippen LogP contribution in [-0.2, 0) is 24.2 Å². The smallest absolute Gasteiger partial charge is 0.222 e. The largest absolute Gasteiger partial charge is 0.350 e. The minimum Gasteiger partial charge on any atom is -0.350 e. The fraction of sp³-hybridized carbons (Fsp3) is 0.471. The SMILES string of the molecule is C[C@H](NC(=O)CCn1cncn1)c1ccc2c(c1)CCCC2. The van der Waals surface area contributed by atoms with Crippen LogP contribution in [0.15, 0.2) is 30.9 Å². The van der Waals surface area contributed by atoms with Crippen LogP contribution in [0.2, 0.25) is 0 Å². The first kappa shape index (κ1) is 14.8. The van der Waals surface area contributed by atoms with Gasteiger partial charge in [-0.25, -0.2) is 4.98 Å². The molecule has 22 heavy (non-hydrogen) atoms. The number of carbonyl (C=O) groups is 1. The number of benzene rings is 1. The summed E-state index contributed by atoms with van der Waals surface area (Å²) >= 11 is 0. The van der Waals surface area contributed by atoms with E-state index in [1.54, 1.807) is 11.0 Å². The van der Waals surface area contributed by atoms with Crippen LogP contribution in [0.4, 0.5) is 0 Å². The summed E-state index contributed by atoms with van der Waals surface area (Å²) in [4.78, 5) is 15.9. The quantitative estimate of drug-likeness (QED) is 0.922. The van der Waals surface area contributed by atoms with Gasteiger partial charge in [-0.05, 0) is 49.3 Å². The zero-order chi connectivity index (χ0) is 15.4. The van der Waals surface area contributed by atoms with E-state index < -0.39 is 0 Å².